The van der Waals surface area contributed by atoms with Crippen molar-refractivity contribution in [3.63, 3.8) is 0 Å². The summed E-state index contributed by atoms with van der Waals surface area (Å²) in [5.41, 5.74) is 0.965. The van der Waals surface area contributed by atoms with Crippen molar-refractivity contribution in [3.05, 3.63) is 42.0 Å². The second kappa shape index (κ2) is 7.99. The third-order valence-corrected chi connectivity index (χ3v) is 7.28. The fourth-order valence-electron chi connectivity index (χ4n) is 5.87. The van der Waals surface area contributed by atoms with Crippen molar-refractivity contribution in [2.75, 3.05) is 19.6 Å². The molecule has 6 heteroatoms. The van der Waals surface area contributed by atoms with Crippen LogP contribution in [0.3, 0.4) is 0 Å². The molecule has 6 nitrogen and oxygen atoms in total. The molecular formula is C24H28N2O4. The van der Waals surface area contributed by atoms with Gasteiger partial charge in [-0.25, -0.2) is 4.79 Å². The number of rotatable bonds is 3. The molecule has 4 heterocycles. The molecule has 5 rings (SSSR count). The number of piperidine rings is 4. The van der Waals surface area contributed by atoms with E-state index in [4.69, 9.17) is 4.74 Å². The van der Waals surface area contributed by atoms with E-state index in [-0.39, 0.29) is 41.9 Å². The molecule has 4 saturated heterocycles. The lowest BCUT2D eigenvalue weighted by Crippen LogP contribution is -2.69. The number of fused-ring (bicyclic) bond motifs is 6. The van der Waals surface area contributed by atoms with E-state index in [0.717, 1.165) is 31.2 Å². The number of ether oxygens (including phenoxy) is 1. The molecule has 0 radical (unpaired) electrons. The predicted octanol–water partition coefficient (Wildman–Crippen LogP) is 2.29. The predicted molar refractivity (Wildman–Crippen MR) is 111 cm³/mol. The van der Waals surface area contributed by atoms with Gasteiger partial charge in [-0.2, -0.15) is 0 Å². The second-order valence-electron chi connectivity index (χ2n) is 9.02. The van der Waals surface area contributed by atoms with E-state index in [0.29, 0.717) is 31.8 Å². The smallest absolute Gasteiger partial charge is 0.331 e. The van der Waals surface area contributed by atoms with Crippen molar-refractivity contribution in [3.8, 4) is 0 Å². The van der Waals surface area contributed by atoms with E-state index in [1.807, 2.05) is 35.2 Å². The molecule has 0 aromatic heterocycles. The van der Waals surface area contributed by atoms with Crippen LogP contribution in [-0.4, -0.2) is 65.3 Å². The lowest BCUT2D eigenvalue weighted by atomic mass is 9.69. The number of carbonyl (C=O) groups excluding carboxylic acids is 3. The molecule has 0 saturated carbocycles. The highest BCUT2D eigenvalue weighted by molar-refractivity contribution is 5.90. The van der Waals surface area contributed by atoms with Gasteiger partial charge in [-0.3, -0.25) is 14.5 Å². The zero-order chi connectivity index (χ0) is 20.7. The van der Waals surface area contributed by atoms with Gasteiger partial charge in [0.25, 0.3) is 0 Å². The van der Waals surface area contributed by atoms with Crippen LogP contribution >= 0.6 is 0 Å². The molecule has 0 aliphatic carbocycles. The molecule has 4 fully saturated rings. The molecule has 1 amide bonds. The fourth-order valence-corrected chi connectivity index (χ4v) is 5.87. The number of Topliss-reactive ketones (excluding diaryl/α,β-unsaturated/α-hetero) is 1. The minimum Gasteiger partial charge on any atom is -0.458 e. The largest absolute Gasteiger partial charge is 0.458 e. The summed E-state index contributed by atoms with van der Waals surface area (Å²) in [7, 11) is 0. The van der Waals surface area contributed by atoms with Crippen LogP contribution in [0.25, 0.3) is 6.08 Å². The normalized spacial score (nSPS) is 33.9. The van der Waals surface area contributed by atoms with Crippen molar-refractivity contribution in [2.24, 2.45) is 11.8 Å². The number of benzene rings is 1. The third kappa shape index (κ3) is 3.58. The van der Waals surface area contributed by atoms with Gasteiger partial charge < -0.3 is 9.64 Å². The first-order chi connectivity index (χ1) is 14.6. The van der Waals surface area contributed by atoms with Gasteiger partial charge in [-0.05, 0) is 37.3 Å². The summed E-state index contributed by atoms with van der Waals surface area (Å²) in [5.74, 6) is 0.0800. The molecule has 4 aliphatic rings. The SMILES string of the molecule is O=C(/C=C\c1ccccc1)OC1CCC2C3CN4C(=O)CCCC4C(CN2C1)C3=O. The first kappa shape index (κ1) is 19.5. The number of hydrogen-bond acceptors (Lipinski definition) is 5. The van der Waals surface area contributed by atoms with Crippen LogP contribution in [0.2, 0.25) is 0 Å². The minimum atomic E-state index is -0.320. The highest BCUT2D eigenvalue weighted by atomic mass is 16.5. The summed E-state index contributed by atoms with van der Waals surface area (Å²) < 4.78 is 5.72. The number of ketones is 1. The molecule has 0 spiro atoms. The molecule has 5 atom stereocenters. The average molecular weight is 408 g/mol. The maximum absolute atomic E-state index is 13.0. The Balaban J connectivity index is 1.23. The number of nitrogens with zero attached hydrogens (tertiary/aromatic N) is 2. The van der Waals surface area contributed by atoms with Crippen LogP contribution in [0.5, 0.6) is 0 Å². The van der Waals surface area contributed by atoms with Gasteiger partial charge in [0.1, 0.15) is 11.9 Å². The number of esters is 1. The molecule has 4 aliphatic heterocycles. The van der Waals surface area contributed by atoms with Gasteiger partial charge >= 0.3 is 5.97 Å². The molecular weight excluding hydrogens is 380 g/mol. The molecule has 5 unspecified atom stereocenters. The highest BCUT2D eigenvalue weighted by Gasteiger charge is 2.54. The van der Waals surface area contributed by atoms with Crippen LogP contribution < -0.4 is 0 Å². The highest BCUT2D eigenvalue weighted by Crippen LogP contribution is 2.41. The summed E-state index contributed by atoms with van der Waals surface area (Å²) in [5, 5.41) is 0. The standard InChI is InChI=1S/C24H28N2O4/c27-22-8-4-7-21-18-14-25-13-17(10-11-20(25)19(24(18)29)15-26(21)22)30-23(28)12-9-16-5-2-1-3-6-16/h1-3,5-6,9,12,17-21H,4,7-8,10-11,13-15H2/b12-9-. The van der Waals surface area contributed by atoms with E-state index < -0.39 is 0 Å². The number of carbonyl (C=O) groups is 3. The number of hydrogen-bond donors (Lipinski definition) is 0. The van der Waals surface area contributed by atoms with Crippen molar-refractivity contribution >= 4 is 23.7 Å². The van der Waals surface area contributed by atoms with E-state index in [2.05, 4.69) is 4.90 Å². The monoisotopic (exact) mass is 408 g/mol. The Kier molecular flexibility index (Phi) is 5.19. The summed E-state index contributed by atoms with van der Waals surface area (Å²) in [6.45, 7) is 1.93. The van der Waals surface area contributed by atoms with Gasteiger partial charge in [0.15, 0.2) is 0 Å². The third-order valence-electron chi connectivity index (χ3n) is 7.28. The second-order valence-corrected chi connectivity index (χ2v) is 9.02. The van der Waals surface area contributed by atoms with Gasteiger partial charge in [-0.15, -0.1) is 0 Å². The molecule has 30 heavy (non-hydrogen) atoms. The minimum absolute atomic E-state index is 0.0627. The first-order valence-corrected chi connectivity index (χ1v) is 11.1. The maximum atomic E-state index is 13.0. The molecule has 158 valence electrons. The lowest BCUT2D eigenvalue weighted by Gasteiger charge is -2.56. The molecule has 1 aromatic carbocycles. The van der Waals surface area contributed by atoms with Crippen LogP contribution in [-0.2, 0) is 19.1 Å². The summed E-state index contributed by atoms with van der Waals surface area (Å²) in [4.78, 5) is 42.1. The molecule has 0 N–H and O–H groups in total. The number of amides is 1. The Morgan fingerprint density at radius 1 is 0.967 bits per heavy atom. The van der Waals surface area contributed by atoms with Crippen molar-refractivity contribution < 1.29 is 19.1 Å². The summed E-state index contributed by atoms with van der Waals surface area (Å²) in [6.07, 6.45) is 7.13. The average Bonchev–Trinajstić information content (AvgIpc) is 2.74. The van der Waals surface area contributed by atoms with Gasteiger partial charge in [0, 0.05) is 44.2 Å². The van der Waals surface area contributed by atoms with E-state index in [1.165, 1.54) is 6.08 Å². The molecule has 2 bridgehead atoms. The van der Waals surface area contributed by atoms with Gasteiger partial charge in [0.2, 0.25) is 5.91 Å². The lowest BCUT2D eigenvalue weighted by molar-refractivity contribution is -0.166. The maximum Gasteiger partial charge on any atom is 0.331 e. The van der Waals surface area contributed by atoms with Crippen LogP contribution in [0.1, 0.15) is 37.7 Å². The van der Waals surface area contributed by atoms with Crippen LogP contribution in [0, 0.1) is 11.8 Å². The van der Waals surface area contributed by atoms with Crippen molar-refractivity contribution in [1.82, 2.24) is 9.80 Å². The van der Waals surface area contributed by atoms with E-state index in [9.17, 15) is 14.4 Å². The molecule has 1 aromatic rings. The Morgan fingerprint density at radius 3 is 2.60 bits per heavy atom. The van der Waals surface area contributed by atoms with Crippen molar-refractivity contribution in [2.45, 2.75) is 50.3 Å². The summed E-state index contributed by atoms with van der Waals surface area (Å²) >= 11 is 0. The summed E-state index contributed by atoms with van der Waals surface area (Å²) in [6, 6.07) is 9.92. The van der Waals surface area contributed by atoms with Crippen LogP contribution in [0.15, 0.2) is 36.4 Å². The zero-order valence-electron chi connectivity index (χ0n) is 17.1. The Labute approximate surface area is 176 Å². The first-order valence-electron chi connectivity index (χ1n) is 11.1. The Morgan fingerprint density at radius 2 is 1.77 bits per heavy atom. The van der Waals surface area contributed by atoms with Gasteiger partial charge in [-0.1, -0.05) is 30.3 Å². The Bertz CT molecular complexity index is 863. The quantitative estimate of drug-likeness (QED) is 0.567. The topological polar surface area (TPSA) is 66.9 Å². The van der Waals surface area contributed by atoms with E-state index >= 15 is 0 Å². The van der Waals surface area contributed by atoms with Crippen LogP contribution in [0.4, 0.5) is 0 Å². The van der Waals surface area contributed by atoms with Gasteiger partial charge in [0.05, 0.1) is 11.8 Å². The zero-order valence-corrected chi connectivity index (χ0v) is 17.1. The van der Waals surface area contributed by atoms with Crippen molar-refractivity contribution in [1.29, 1.82) is 0 Å². The fraction of sp³-hybridized carbons (Fsp3) is 0.542. The Hall–Kier alpha value is -2.47. The van der Waals surface area contributed by atoms with E-state index in [1.54, 1.807) is 6.08 Å².